The molecule has 1 aliphatic rings. The van der Waals surface area contributed by atoms with Crippen molar-refractivity contribution in [3.63, 3.8) is 0 Å². The van der Waals surface area contributed by atoms with E-state index in [1.54, 1.807) is 6.92 Å². The van der Waals surface area contributed by atoms with Crippen LogP contribution in [-0.4, -0.2) is 0 Å². The quantitative estimate of drug-likeness (QED) is 0.335. The lowest BCUT2D eigenvalue weighted by Gasteiger charge is -2.26. The largest absolute Gasteiger partial charge is 0.207 e. The second-order valence-electron chi connectivity index (χ2n) is 9.38. The Morgan fingerprint density at radius 3 is 1.76 bits per heavy atom. The summed E-state index contributed by atoms with van der Waals surface area (Å²) in [6.45, 7) is 3.79. The molecule has 3 aromatic carbocycles. The predicted molar refractivity (Wildman–Crippen MR) is 121 cm³/mol. The first-order chi connectivity index (χ1) is 15.7. The molecule has 0 radical (unpaired) electrons. The Kier molecular flexibility index (Phi) is 6.87. The van der Waals surface area contributed by atoms with Crippen LogP contribution in [0.4, 0.5) is 22.0 Å². The van der Waals surface area contributed by atoms with Gasteiger partial charge < -0.3 is 0 Å². The van der Waals surface area contributed by atoms with Gasteiger partial charge in [-0.05, 0) is 84.2 Å². The van der Waals surface area contributed by atoms with Crippen molar-refractivity contribution in [1.82, 2.24) is 0 Å². The first kappa shape index (κ1) is 23.5. The van der Waals surface area contributed by atoms with E-state index >= 15 is 0 Å². The summed E-state index contributed by atoms with van der Waals surface area (Å²) in [5, 5.41) is 0. The lowest BCUT2D eigenvalue weighted by Crippen LogP contribution is -2.13. The Bertz CT molecular complexity index is 1110. The summed E-state index contributed by atoms with van der Waals surface area (Å²) in [6, 6.07) is 8.15. The maximum absolute atomic E-state index is 14.9. The van der Waals surface area contributed by atoms with Crippen LogP contribution in [0.5, 0.6) is 0 Å². The first-order valence-electron chi connectivity index (χ1n) is 11.5. The fraction of sp³-hybridized carbons (Fsp3) is 0.357. The maximum Gasteiger partial charge on any atom is 0.134 e. The van der Waals surface area contributed by atoms with Gasteiger partial charge in [0, 0.05) is 0 Å². The Hall–Kier alpha value is -2.69. The van der Waals surface area contributed by atoms with Gasteiger partial charge in [-0.15, -0.1) is 0 Å². The van der Waals surface area contributed by atoms with Gasteiger partial charge in [-0.2, -0.15) is 0 Å². The standard InChI is InChI=1S/C28H27F5/c1-16-3-6-18(7-4-16)8-9-19-11-23(30)28(24(31)12-19)21-14-25(32)27(26(33)15-21)20-10-5-17(2)22(29)13-20/h5,10-16,18H,3-4,6-9H2,1-2H3. The van der Waals surface area contributed by atoms with Crippen LogP contribution < -0.4 is 0 Å². The molecule has 3 aromatic rings. The molecule has 0 saturated heterocycles. The molecule has 1 fully saturated rings. The number of hydrogen-bond acceptors (Lipinski definition) is 0. The summed E-state index contributed by atoms with van der Waals surface area (Å²) < 4.78 is 73.2. The van der Waals surface area contributed by atoms with Gasteiger partial charge in [0.15, 0.2) is 0 Å². The molecule has 5 heteroatoms. The molecule has 0 heterocycles. The molecule has 0 aromatic heterocycles. The molecule has 1 saturated carbocycles. The fourth-order valence-electron chi connectivity index (χ4n) is 4.78. The minimum Gasteiger partial charge on any atom is -0.207 e. The van der Waals surface area contributed by atoms with Crippen molar-refractivity contribution in [2.24, 2.45) is 11.8 Å². The highest BCUT2D eigenvalue weighted by Gasteiger charge is 2.21. The zero-order valence-electron chi connectivity index (χ0n) is 18.8. The van der Waals surface area contributed by atoms with Crippen LogP contribution in [-0.2, 0) is 6.42 Å². The summed E-state index contributed by atoms with van der Waals surface area (Å²) in [6.07, 6.45) is 6.09. The van der Waals surface area contributed by atoms with E-state index in [1.807, 2.05) is 0 Å². The smallest absolute Gasteiger partial charge is 0.134 e. The van der Waals surface area contributed by atoms with Gasteiger partial charge in [0.05, 0.1) is 11.1 Å². The number of halogens is 5. The number of aryl methyl sites for hydroxylation is 2. The molecule has 33 heavy (non-hydrogen) atoms. The maximum atomic E-state index is 14.9. The van der Waals surface area contributed by atoms with Crippen molar-refractivity contribution >= 4 is 0 Å². The zero-order chi connectivity index (χ0) is 23.7. The normalized spacial score (nSPS) is 18.5. The molecule has 0 amide bonds. The average Bonchev–Trinajstić information content (AvgIpc) is 2.75. The zero-order valence-corrected chi connectivity index (χ0v) is 18.8. The topological polar surface area (TPSA) is 0 Å². The van der Waals surface area contributed by atoms with E-state index in [0.29, 0.717) is 23.5 Å². The third-order valence-corrected chi connectivity index (χ3v) is 6.87. The Labute approximate surface area is 191 Å². The van der Waals surface area contributed by atoms with Crippen molar-refractivity contribution in [1.29, 1.82) is 0 Å². The van der Waals surface area contributed by atoms with Crippen molar-refractivity contribution in [3.8, 4) is 22.3 Å². The summed E-state index contributed by atoms with van der Waals surface area (Å²) >= 11 is 0. The van der Waals surface area contributed by atoms with Crippen LogP contribution in [0, 0.1) is 47.8 Å². The fourth-order valence-corrected chi connectivity index (χ4v) is 4.78. The molecular weight excluding hydrogens is 431 g/mol. The molecule has 0 atom stereocenters. The van der Waals surface area contributed by atoms with Crippen LogP contribution in [0.2, 0.25) is 0 Å². The van der Waals surface area contributed by atoms with Gasteiger partial charge in [0.2, 0.25) is 0 Å². The first-order valence-corrected chi connectivity index (χ1v) is 11.5. The molecular formula is C28H27F5. The van der Waals surface area contributed by atoms with E-state index in [2.05, 4.69) is 6.92 Å². The van der Waals surface area contributed by atoms with Crippen LogP contribution in [0.15, 0.2) is 42.5 Å². The molecule has 1 aliphatic carbocycles. The van der Waals surface area contributed by atoms with Gasteiger partial charge in [0.1, 0.15) is 29.1 Å². The van der Waals surface area contributed by atoms with E-state index in [9.17, 15) is 22.0 Å². The van der Waals surface area contributed by atoms with Crippen LogP contribution in [0.3, 0.4) is 0 Å². The highest BCUT2D eigenvalue weighted by atomic mass is 19.1. The summed E-state index contributed by atoms with van der Waals surface area (Å²) in [7, 11) is 0. The van der Waals surface area contributed by atoms with Crippen molar-refractivity contribution in [2.75, 3.05) is 0 Å². The third kappa shape index (κ3) is 5.13. The Morgan fingerprint density at radius 2 is 1.18 bits per heavy atom. The van der Waals surface area contributed by atoms with E-state index in [1.165, 1.54) is 37.1 Å². The summed E-state index contributed by atoms with van der Waals surface area (Å²) in [4.78, 5) is 0. The van der Waals surface area contributed by atoms with Gasteiger partial charge in [-0.25, -0.2) is 22.0 Å². The predicted octanol–water partition coefficient (Wildman–Crippen LogP) is 8.78. The van der Waals surface area contributed by atoms with Crippen molar-refractivity contribution < 1.29 is 22.0 Å². The Balaban J connectivity index is 1.59. The van der Waals surface area contributed by atoms with Crippen LogP contribution >= 0.6 is 0 Å². The van der Waals surface area contributed by atoms with E-state index in [4.69, 9.17) is 0 Å². The summed E-state index contributed by atoms with van der Waals surface area (Å²) in [5.74, 6) is -3.01. The van der Waals surface area contributed by atoms with Gasteiger partial charge >= 0.3 is 0 Å². The monoisotopic (exact) mass is 458 g/mol. The van der Waals surface area contributed by atoms with E-state index < -0.39 is 40.2 Å². The van der Waals surface area contributed by atoms with Gasteiger partial charge in [0.25, 0.3) is 0 Å². The minimum atomic E-state index is -1.01. The molecule has 0 N–H and O–H groups in total. The lowest BCUT2D eigenvalue weighted by molar-refractivity contribution is 0.277. The molecule has 174 valence electrons. The van der Waals surface area contributed by atoms with E-state index in [0.717, 1.165) is 43.4 Å². The third-order valence-electron chi connectivity index (χ3n) is 6.87. The molecule has 0 spiro atoms. The Morgan fingerprint density at radius 1 is 0.667 bits per heavy atom. The van der Waals surface area contributed by atoms with Crippen LogP contribution in [0.1, 0.15) is 50.2 Å². The number of hydrogen-bond donors (Lipinski definition) is 0. The molecule has 4 rings (SSSR count). The summed E-state index contributed by atoms with van der Waals surface area (Å²) in [5.41, 5.74) is -0.225. The van der Waals surface area contributed by atoms with Crippen molar-refractivity contribution in [3.05, 3.63) is 82.7 Å². The minimum absolute atomic E-state index is 0.0213. The van der Waals surface area contributed by atoms with E-state index in [-0.39, 0.29) is 11.1 Å². The highest BCUT2D eigenvalue weighted by molar-refractivity contribution is 5.72. The SMILES string of the molecule is Cc1ccc(-c2c(F)cc(-c3c(F)cc(CCC4CCC(C)CC4)cc3F)cc2F)cc1F. The molecule has 0 nitrogen and oxygen atoms in total. The average molecular weight is 459 g/mol. The number of rotatable bonds is 5. The molecule has 0 unspecified atom stereocenters. The lowest BCUT2D eigenvalue weighted by atomic mass is 9.80. The molecule has 0 aliphatic heterocycles. The number of benzene rings is 3. The van der Waals surface area contributed by atoms with Crippen LogP contribution in [0.25, 0.3) is 22.3 Å². The second kappa shape index (κ2) is 9.66. The molecule has 0 bridgehead atoms. The van der Waals surface area contributed by atoms with Gasteiger partial charge in [-0.3, -0.25) is 0 Å². The highest BCUT2D eigenvalue weighted by Crippen LogP contribution is 2.35. The second-order valence-corrected chi connectivity index (χ2v) is 9.38. The van der Waals surface area contributed by atoms with Crippen molar-refractivity contribution in [2.45, 2.75) is 52.4 Å². The van der Waals surface area contributed by atoms with Gasteiger partial charge in [-0.1, -0.05) is 44.7 Å².